The van der Waals surface area contributed by atoms with Crippen LogP contribution in [-0.4, -0.2) is 30.4 Å². The minimum atomic E-state index is -3.93. The largest absolute Gasteiger partial charge is 0.352 e. The van der Waals surface area contributed by atoms with Crippen molar-refractivity contribution in [3.63, 3.8) is 0 Å². The van der Waals surface area contributed by atoms with E-state index in [9.17, 15) is 17.6 Å². The van der Waals surface area contributed by atoms with E-state index < -0.39 is 15.8 Å². The van der Waals surface area contributed by atoms with Crippen molar-refractivity contribution in [3.05, 3.63) is 77.6 Å². The second kappa shape index (κ2) is 9.30. The van der Waals surface area contributed by atoms with E-state index in [2.05, 4.69) is 15.0 Å². The molecule has 0 radical (unpaired) electrons. The number of amides is 1. The second-order valence-corrected chi connectivity index (χ2v) is 9.21. The van der Waals surface area contributed by atoms with Crippen molar-refractivity contribution < 1.29 is 17.6 Å². The highest BCUT2D eigenvalue weighted by Gasteiger charge is 2.19. The van der Waals surface area contributed by atoms with Crippen LogP contribution >= 0.6 is 0 Å². The zero-order valence-electron chi connectivity index (χ0n) is 17.6. The number of nitrogens with zero attached hydrogens (tertiary/aromatic N) is 2. The summed E-state index contributed by atoms with van der Waals surface area (Å²) in [6, 6.07) is 9.36. The van der Waals surface area contributed by atoms with Gasteiger partial charge in [-0.15, -0.1) is 0 Å². The van der Waals surface area contributed by atoms with Crippen LogP contribution in [0.1, 0.15) is 28.7 Å². The van der Waals surface area contributed by atoms with Gasteiger partial charge in [-0.05, 0) is 61.7 Å². The average molecular weight is 445 g/mol. The lowest BCUT2D eigenvalue weighted by Gasteiger charge is -2.16. The Balaban J connectivity index is 1.70. The number of aromatic nitrogens is 2. The van der Waals surface area contributed by atoms with E-state index in [0.717, 1.165) is 5.82 Å². The van der Waals surface area contributed by atoms with Crippen LogP contribution < -0.4 is 10.0 Å². The summed E-state index contributed by atoms with van der Waals surface area (Å²) >= 11 is 0. The first-order valence-corrected chi connectivity index (χ1v) is 11.3. The van der Waals surface area contributed by atoms with Gasteiger partial charge in [-0.1, -0.05) is 13.0 Å². The summed E-state index contributed by atoms with van der Waals surface area (Å²) in [5, 5.41) is 2.88. The summed E-state index contributed by atoms with van der Waals surface area (Å²) < 4.78 is 42.9. The van der Waals surface area contributed by atoms with Crippen LogP contribution in [-0.2, 0) is 16.6 Å². The fourth-order valence-corrected chi connectivity index (χ4v) is 4.19. The van der Waals surface area contributed by atoms with Gasteiger partial charge in [-0.25, -0.2) is 17.8 Å². The number of halogens is 1. The van der Waals surface area contributed by atoms with Gasteiger partial charge in [0.05, 0.1) is 4.90 Å². The molecule has 3 rings (SSSR count). The van der Waals surface area contributed by atoms with E-state index in [-0.39, 0.29) is 28.0 Å². The normalized spacial score (nSPS) is 12.4. The molecule has 0 spiro atoms. The SMILES string of the molecule is Cc1ccc(S(=O)(=O)Nc2ccc(F)cc2)cc1C(=O)NCC(C)Cn1ccnc1C. The van der Waals surface area contributed by atoms with Crippen LogP contribution in [0, 0.1) is 25.6 Å². The zero-order chi connectivity index (χ0) is 22.6. The van der Waals surface area contributed by atoms with Gasteiger partial charge in [0.25, 0.3) is 15.9 Å². The van der Waals surface area contributed by atoms with Gasteiger partial charge >= 0.3 is 0 Å². The predicted molar refractivity (Wildman–Crippen MR) is 117 cm³/mol. The molecule has 2 N–H and O–H groups in total. The molecule has 1 heterocycles. The fraction of sp³-hybridized carbons (Fsp3) is 0.273. The molecule has 1 atom stereocenters. The minimum absolute atomic E-state index is 0.0466. The first-order valence-electron chi connectivity index (χ1n) is 9.80. The number of carbonyl (C=O) groups is 1. The molecular weight excluding hydrogens is 419 g/mol. The molecule has 0 saturated heterocycles. The standard InChI is InChI=1S/C22H25FN4O3S/c1-15(14-27-11-10-24-17(27)3)13-25-22(28)21-12-20(9-4-16(21)2)31(29,30)26-19-7-5-18(23)6-8-19/h4-12,15,26H,13-14H2,1-3H3,(H,25,28). The van der Waals surface area contributed by atoms with E-state index in [4.69, 9.17) is 0 Å². The third kappa shape index (κ3) is 5.69. The van der Waals surface area contributed by atoms with Crippen LogP contribution in [0.4, 0.5) is 10.1 Å². The van der Waals surface area contributed by atoms with E-state index in [1.807, 2.05) is 24.6 Å². The number of carbonyl (C=O) groups excluding carboxylic acids is 1. The number of anilines is 1. The molecule has 2 aromatic carbocycles. The van der Waals surface area contributed by atoms with Crippen molar-refractivity contribution in [2.45, 2.75) is 32.2 Å². The topological polar surface area (TPSA) is 93.1 Å². The first kappa shape index (κ1) is 22.5. The van der Waals surface area contributed by atoms with Crippen molar-refractivity contribution in [2.24, 2.45) is 5.92 Å². The minimum Gasteiger partial charge on any atom is -0.352 e. The number of hydrogen-bond acceptors (Lipinski definition) is 4. The number of rotatable bonds is 8. The van der Waals surface area contributed by atoms with Crippen LogP contribution in [0.3, 0.4) is 0 Å². The molecule has 0 saturated carbocycles. The maximum Gasteiger partial charge on any atom is 0.261 e. The van der Waals surface area contributed by atoms with Gasteiger partial charge in [0.15, 0.2) is 0 Å². The molecular formula is C22H25FN4O3S. The third-order valence-electron chi connectivity index (χ3n) is 4.90. The molecule has 0 bridgehead atoms. The molecule has 3 aromatic rings. The number of aryl methyl sites for hydroxylation is 2. The maximum absolute atomic E-state index is 13.1. The molecule has 1 amide bonds. The Morgan fingerprint density at radius 3 is 2.52 bits per heavy atom. The number of benzene rings is 2. The smallest absolute Gasteiger partial charge is 0.261 e. The van der Waals surface area contributed by atoms with Crippen LogP contribution in [0.5, 0.6) is 0 Å². The van der Waals surface area contributed by atoms with Gasteiger partial charge in [0, 0.05) is 36.7 Å². The zero-order valence-corrected chi connectivity index (χ0v) is 18.4. The van der Waals surface area contributed by atoms with Gasteiger partial charge in [0.1, 0.15) is 11.6 Å². The lowest BCUT2D eigenvalue weighted by atomic mass is 10.1. The highest BCUT2D eigenvalue weighted by molar-refractivity contribution is 7.92. The van der Waals surface area contributed by atoms with E-state index >= 15 is 0 Å². The van der Waals surface area contributed by atoms with Crippen molar-refractivity contribution in [3.8, 4) is 0 Å². The monoisotopic (exact) mass is 444 g/mol. The molecule has 7 nitrogen and oxygen atoms in total. The number of nitrogens with one attached hydrogen (secondary N) is 2. The number of hydrogen-bond donors (Lipinski definition) is 2. The average Bonchev–Trinajstić information content (AvgIpc) is 3.12. The third-order valence-corrected chi connectivity index (χ3v) is 6.28. The van der Waals surface area contributed by atoms with Crippen LogP contribution in [0.15, 0.2) is 59.8 Å². The lowest BCUT2D eigenvalue weighted by Crippen LogP contribution is -2.30. The Morgan fingerprint density at radius 2 is 1.87 bits per heavy atom. The fourth-order valence-electron chi connectivity index (χ4n) is 3.10. The van der Waals surface area contributed by atoms with Crippen LogP contribution in [0.25, 0.3) is 0 Å². The van der Waals surface area contributed by atoms with Gasteiger partial charge in [-0.2, -0.15) is 0 Å². The molecule has 164 valence electrons. The quantitative estimate of drug-likeness (QED) is 0.556. The molecule has 0 aliphatic heterocycles. The van der Waals surface area contributed by atoms with Gasteiger partial charge < -0.3 is 9.88 Å². The summed E-state index contributed by atoms with van der Waals surface area (Å²) in [6.45, 7) is 6.82. The van der Waals surface area contributed by atoms with E-state index in [1.54, 1.807) is 19.2 Å². The maximum atomic E-state index is 13.1. The van der Waals surface area contributed by atoms with Crippen molar-refractivity contribution >= 4 is 21.6 Å². The van der Waals surface area contributed by atoms with E-state index in [1.165, 1.54) is 36.4 Å². The highest BCUT2D eigenvalue weighted by Crippen LogP contribution is 2.20. The van der Waals surface area contributed by atoms with Crippen molar-refractivity contribution in [1.29, 1.82) is 0 Å². The van der Waals surface area contributed by atoms with Gasteiger partial charge in [-0.3, -0.25) is 9.52 Å². The van der Waals surface area contributed by atoms with Crippen molar-refractivity contribution in [2.75, 3.05) is 11.3 Å². The predicted octanol–water partition coefficient (Wildman–Crippen LogP) is 3.51. The molecule has 0 fully saturated rings. The van der Waals surface area contributed by atoms with Gasteiger partial charge in [0.2, 0.25) is 0 Å². The van der Waals surface area contributed by atoms with E-state index in [0.29, 0.717) is 18.7 Å². The number of imidazole rings is 1. The second-order valence-electron chi connectivity index (χ2n) is 7.53. The summed E-state index contributed by atoms with van der Waals surface area (Å²) in [7, 11) is -3.93. The molecule has 1 aromatic heterocycles. The molecule has 31 heavy (non-hydrogen) atoms. The highest BCUT2D eigenvalue weighted by atomic mass is 32.2. The van der Waals surface area contributed by atoms with Crippen LogP contribution in [0.2, 0.25) is 0 Å². The Morgan fingerprint density at radius 1 is 1.16 bits per heavy atom. The molecule has 0 aliphatic rings. The Labute approximate surface area is 181 Å². The number of sulfonamides is 1. The summed E-state index contributed by atoms with van der Waals surface area (Å²) in [6.07, 6.45) is 3.62. The lowest BCUT2D eigenvalue weighted by molar-refractivity contribution is 0.0946. The Hall–Kier alpha value is -3.20. The summed E-state index contributed by atoms with van der Waals surface area (Å²) in [4.78, 5) is 16.9. The summed E-state index contributed by atoms with van der Waals surface area (Å²) in [5.74, 6) is 0.255. The Bertz CT molecular complexity index is 1170. The molecule has 1 unspecified atom stereocenters. The Kier molecular flexibility index (Phi) is 6.74. The molecule has 0 aliphatic carbocycles. The van der Waals surface area contributed by atoms with Crippen molar-refractivity contribution in [1.82, 2.24) is 14.9 Å². The first-order chi connectivity index (χ1) is 14.7. The summed E-state index contributed by atoms with van der Waals surface area (Å²) in [5.41, 5.74) is 1.18. The molecule has 9 heteroatoms.